The molecule has 1 aromatic heterocycles. The predicted octanol–water partition coefficient (Wildman–Crippen LogP) is 1.92. The molecule has 0 unspecified atom stereocenters. The number of carbonyl (C=O) groups excluding carboxylic acids is 1. The fourth-order valence-electron chi connectivity index (χ4n) is 1.78. The highest BCUT2D eigenvalue weighted by Gasteiger charge is 2.06. The van der Waals surface area contributed by atoms with Crippen LogP contribution in [0.3, 0.4) is 0 Å². The van der Waals surface area contributed by atoms with Gasteiger partial charge in [0.2, 0.25) is 5.56 Å². The molecule has 4 heteroatoms. The maximum atomic E-state index is 11.9. The Labute approximate surface area is 111 Å². The summed E-state index contributed by atoms with van der Waals surface area (Å²) in [6, 6.07) is 10.6. The van der Waals surface area contributed by atoms with Crippen molar-refractivity contribution < 1.29 is 4.79 Å². The summed E-state index contributed by atoms with van der Waals surface area (Å²) in [5.41, 5.74) is 3.29. The van der Waals surface area contributed by atoms with E-state index in [0.29, 0.717) is 12.1 Å². The third kappa shape index (κ3) is 3.31. The van der Waals surface area contributed by atoms with E-state index in [2.05, 4.69) is 10.3 Å². The van der Waals surface area contributed by atoms with Gasteiger partial charge in [-0.25, -0.2) is 0 Å². The summed E-state index contributed by atoms with van der Waals surface area (Å²) < 4.78 is 0. The Hall–Kier alpha value is -2.36. The second-order valence-corrected chi connectivity index (χ2v) is 4.52. The summed E-state index contributed by atoms with van der Waals surface area (Å²) in [4.78, 5) is 25.7. The Bertz CT molecular complexity index is 642. The standard InChI is InChI=1S/C15H16N2O2/c1-10-3-5-12(6-4-10)15(19)16-9-13-7-8-14(18)17-11(13)2/h3-8H,9H2,1-2H3,(H,16,19)(H,17,18). The van der Waals surface area contributed by atoms with Crippen LogP contribution < -0.4 is 10.9 Å². The number of amides is 1. The van der Waals surface area contributed by atoms with Crippen LogP contribution in [0.2, 0.25) is 0 Å². The first-order valence-electron chi connectivity index (χ1n) is 6.10. The molecule has 0 aliphatic rings. The normalized spacial score (nSPS) is 10.2. The lowest BCUT2D eigenvalue weighted by atomic mass is 10.1. The van der Waals surface area contributed by atoms with Gasteiger partial charge in [-0.3, -0.25) is 9.59 Å². The van der Waals surface area contributed by atoms with Gasteiger partial charge in [-0.2, -0.15) is 0 Å². The Balaban J connectivity index is 2.04. The van der Waals surface area contributed by atoms with E-state index in [1.807, 2.05) is 26.0 Å². The molecular weight excluding hydrogens is 240 g/mol. The molecule has 0 saturated carbocycles. The molecule has 4 nitrogen and oxygen atoms in total. The minimum atomic E-state index is -0.133. The average molecular weight is 256 g/mol. The smallest absolute Gasteiger partial charge is 0.251 e. The molecule has 98 valence electrons. The van der Waals surface area contributed by atoms with Crippen LogP contribution in [-0.4, -0.2) is 10.9 Å². The van der Waals surface area contributed by atoms with Crippen molar-refractivity contribution in [2.24, 2.45) is 0 Å². The lowest BCUT2D eigenvalue weighted by Crippen LogP contribution is -2.24. The zero-order valence-electron chi connectivity index (χ0n) is 11.0. The average Bonchev–Trinajstić information content (AvgIpc) is 2.38. The van der Waals surface area contributed by atoms with Gasteiger partial charge in [0.25, 0.3) is 5.91 Å². The van der Waals surface area contributed by atoms with Crippen LogP contribution in [0.5, 0.6) is 0 Å². The van der Waals surface area contributed by atoms with Crippen molar-refractivity contribution in [1.82, 2.24) is 10.3 Å². The van der Waals surface area contributed by atoms with Crippen molar-refractivity contribution >= 4 is 5.91 Å². The molecule has 2 aromatic rings. The van der Waals surface area contributed by atoms with Gasteiger partial charge in [-0.1, -0.05) is 23.8 Å². The Morgan fingerprint density at radius 1 is 1.11 bits per heavy atom. The first-order chi connectivity index (χ1) is 9.06. The van der Waals surface area contributed by atoms with E-state index >= 15 is 0 Å². The number of hydrogen-bond acceptors (Lipinski definition) is 2. The van der Waals surface area contributed by atoms with Crippen molar-refractivity contribution in [2.45, 2.75) is 20.4 Å². The van der Waals surface area contributed by atoms with Crippen LogP contribution in [0.4, 0.5) is 0 Å². The lowest BCUT2D eigenvalue weighted by Gasteiger charge is -2.07. The van der Waals surface area contributed by atoms with Crippen LogP contribution in [0, 0.1) is 13.8 Å². The number of rotatable bonds is 3. The molecular formula is C15H16N2O2. The fourth-order valence-corrected chi connectivity index (χ4v) is 1.78. The quantitative estimate of drug-likeness (QED) is 0.881. The molecule has 0 bridgehead atoms. The summed E-state index contributed by atoms with van der Waals surface area (Å²) >= 11 is 0. The summed E-state index contributed by atoms with van der Waals surface area (Å²) in [7, 11) is 0. The van der Waals surface area contributed by atoms with Gasteiger partial charge in [0.15, 0.2) is 0 Å². The number of pyridine rings is 1. The largest absolute Gasteiger partial charge is 0.348 e. The lowest BCUT2D eigenvalue weighted by molar-refractivity contribution is 0.0951. The molecule has 0 radical (unpaired) electrons. The number of benzene rings is 1. The third-order valence-electron chi connectivity index (χ3n) is 2.98. The molecule has 1 amide bonds. The molecule has 0 fully saturated rings. The second-order valence-electron chi connectivity index (χ2n) is 4.52. The molecule has 0 aliphatic heterocycles. The number of aryl methyl sites for hydroxylation is 2. The molecule has 0 spiro atoms. The molecule has 0 saturated heterocycles. The Morgan fingerprint density at radius 3 is 2.42 bits per heavy atom. The van der Waals surface area contributed by atoms with E-state index < -0.39 is 0 Å². The number of carbonyl (C=O) groups is 1. The van der Waals surface area contributed by atoms with Gasteiger partial charge < -0.3 is 10.3 Å². The zero-order chi connectivity index (χ0) is 13.8. The van der Waals surface area contributed by atoms with Gasteiger partial charge in [-0.05, 0) is 31.5 Å². The summed E-state index contributed by atoms with van der Waals surface area (Å²) in [5.74, 6) is -0.120. The highest BCUT2D eigenvalue weighted by atomic mass is 16.1. The number of nitrogens with one attached hydrogen (secondary N) is 2. The minimum Gasteiger partial charge on any atom is -0.348 e. The summed E-state index contributed by atoms with van der Waals surface area (Å²) in [6.07, 6.45) is 0. The van der Waals surface area contributed by atoms with Crippen LogP contribution in [-0.2, 0) is 6.54 Å². The summed E-state index contributed by atoms with van der Waals surface area (Å²) in [6.45, 7) is 4.19. The number of aromatic nitrogens is 1. The molecule has 1 aromatic carbocycles. The first kappa shape index (κ1) is 13.1. The van der Waals surface area contributed by atoms with Gasteiger partial charge in [-0.15, -0.1) is 0 Å². The van der Waals surface area contributed by atoms with E-state index in [1.54, 1.807) is 18.2 Å². The number of hydrogen-bond donors (Lipinski definition) is 2. The van der Waals surface area contributed by atoms with E-state index in [0.717, 1.165) is 16.8 Å². The first-order valence-corrected chi connectivity index (χ1v) is 6.10. The maximum absolute atomic E-state index is 11.9. The Kier molecular flexibility index (Phi) is 3.80. The molecule has 19 heavy (non-hydrogen) atoms. The van der Waals surface area contributed by atoms with Crippen molar-refractivity contribution in [3.8, 4) is 0 Å². The van der Waals surface area contributed by atoms with Crippen LogP contribution >= 0.6 is 0 Å². The monoisotopic (exact) mass is 256 g/mol. The van der Waals surface area contributed by atoms with Crippen molar-refractivity contribution in [2.75, 3.05) is 0 Å². The van der Waals surface area contributed by atoms with Gasteiger partial charge in [0, 0.05) is 23.9 Å². The van der Waals surface area contributed by atoms with Crippen LogP contribution in [0.25, 0.3) is 0 Å². The molecule has 2 N–H and O–H groups in total. The molecule has 0 aliphatic carbocycles. The maximum Gasteiger partial charge on any atom is 0.251 e. The van der Waals surface area contributed by atoms with Crippen molar-refractivity contribution in [3.05, 3.63) is 69.1 Å². The van der Waals surface area contributed by atoms with E-state index in [4.69, 9.17) is 0 Å². The van der Waals surface area contributed by atoms with Crippen LogP contribution in [0.15, 0.2) is 41.2 Å². The fraction of sp³-hybridized carbons (Fsp3) is 0.200. The Morgan fingerprint density at radius 2 is 1.79 bits per heavy atom. The third-order valence-corrected chi connectivity index (χ3v) is 2.98. The van der Waals surface area contributed by atoms with Crippen molar-refractivity contribution in [1.29, 1.82) is 0 Å². The van der Waals surface area contributed by atoms with Crippen LogP contribution in [0.1, 0.15) is 27.2 Å². The topological polar surface area (TPSA) is 62.0 Å². The van der Waals surface area contributed by atoms with Crippen molar-refractivity contribution in [3.63, 3.8) is 0 Å². The number of H-pyrrole nitrogens is 1. The van der Waals surface area contributed by atoms with Gasteiger partial charge in [0.05, 0.1) is 0 Å². The van der Waals surface area contributed by atoms with Gasteiger partial charge in [0.1, 0.15) is 0 Å². The molecule has 1 heterocycles. The second kappa shape index (κ2) is 5.52. The highest BCUT2D eigenvalue weighted by molar-refractivity contribution is 5.94. The predicted molar refractivity (Wildman–Crippen MR) is 74.1 cm³/mol. The summed E-state index contributed by atoms with van der Waals surface area (Å²) in [5, 5.41) is 2.83. The molecule has 2 rings (SSSR count). The van der Waals surface area contributed by atoms with Gasteiger partial charge >= 0.3 is 0 Å². The van der Waals surface area contributed by atoms with E-state index in [9.17, 15) is 9.59 Å². The van der Waals surface area contributed by atoms with E-state index in [-0.39, 0.29) is 11.5 Å². The SMILES string of the molecule is Cc1ccc(C(=O)NCc2ccc(=O)[nH]c2C)cc1. The number of aromatic amines is 1. The zero-order valence-corrected chi connectivity index (χ0v) is 11.0. The minimum absolute atomic E-state index is 0.120. The highest BCUT2D eigenvalue weighted by Crippen LogP contribution is 2.05. The van der Waals surface area contributed by atoms with E-state index in [1.165, 1.54) is 6.07 Å². The molecule has 0 atom stereocenters.